The van der Waals surface area contributed by atoms with Gasteiger partial charge in [-0.15, -0.1) is 11.8 Å². The first-order valence-corrected chi connectivity index (χ1v) is 12.6. The van der Waals surface area contributed by atoms with Crippen molar-refractivity contribution in [1.29, 1.82) is 0 Å². The summed E-state index contributed by atoms with van der Waals surface area (Å²) in [7, 11) is 0. The van der Waals surface area contributed by atoms with Gasteiger partial charge in [0.1, 0.15) is 17.7 Å². The van der Waals surface area contributed by atoms with E-state index in [1.54, 1.807) is 0 Å². The van der Waals surface area contributed by atoms with Crippen LogP contribution in [-0.4, -0.2) is 56.0 Å². The summed E-state index contributed by atoms with van der Waals surface area (Å²) in [6, 6.07) is 18.7. The van der Waals surface area contributed by atoms with Crippen molar-refractivity contribution < 1.29 is 29.0 Å². The quantitative estimate of drug-likeness (QED) is 0.323. The minimum absolute atomic E-state index is 0.0580. The molecule has 2 aliphatic rings. The summed E-state index contributed by atoms with van der Waals surface area (Å²) in [5, 5.41) is 9.74. The summed E-state index contributed by atoms with van der Waals surface area (Å²) in [6.07, 6.45) is -1.67. The maximum absolute atomic E-state index is 13.6. The van der Waals surface area contributed by atoms with Crippen molar-refractivity contribution in [3.63, 3.8) is 0 Å². The van der Waals surface area contributed by atoms with E-state index in [1.807, 2.05) is 60.7 Å². The second kappa shape index (κ2) is 9.93. The van der Waals surface area contributed by atoms with Gasteiger partial charge in [-0.3, -0.25) is 14.5 Å². The molecule has 0 spiro atoms. The number of alkyl halides is 1. The Kier molecular flexibility index (Phi) is 7.16. The Labute approximate surface area is 210 Å². The molecule has 0 saturated carbocycles. The number of benzene rings is 2. The van der Waals surface area contributed by atoms with Crippen LogP contribution in [0.4, 0.5) is 0 Å². The number of hydrogen-bond donors (Lipinski definition) is 1. The first-order valence-electron chi connectivity index (χ1n) is 10.7. The molecule has 1 saturated heterocycles. The lowest BCUT2D eigenvalue weighted by atomic mass is 9.90. The van der Waals surface area contributed by atoms with Gasteiger partial charge >= 0.3 is 11.9 Å². The normalized spacial score (nSPS) is 22.7. The van der Waals surface area contributed by atoms with Gasteiger partial charge in [-0.1, -0.05) is 76.6 Å². The molecule has 34 heavy (non-hydrogen) atoms. The highest BCUT2D eigenvalue weighted by atomic mass is 79.9. The van der Waals surface area contributed by atoms with Crippen LogP contribution in [0.1, 0.15) is 31.1 Å². The Hall–Kier alpha value is -2.62. The third kappa shape index (κ3) is 4.39. The van der Waals surface area contributed by atoms with Crippen molar-refractivity contribution in [2.24, 2.45) is 0 Å². The van der Waals surface area contributed by atoms with Gasteiger partial charge in [-0.2, -0.15) is 0 Å². The average molecular weight is 546 g/mol. The van der Waals surface area contributed by atoms with Gasteiger partial charge < -0.3 is 14.6 Å². The lowest BCUT2D eigenvalue weighted by Crippen LogP contribution is -2.74. The molecular formula is C25H24BrNO6S. The van der Waals surface area contributed by atoms with Gasteiger partial charge in [-0.05, 0) is 18.1 Å². The minimum Gasteiger partial charge on any atom is -0.461 e. The fraction of sp³-hybridized carbons (Fsp3) is 0.320. The topological polar surface area (TPSA) is 93.1 Å². The number of esters is 2. The van der Waals surface area contributed by atoms with Crippen LogP contribution in [0.5, 0.6) is 0 Å². The van der Waals surface area contributed by atoms with Crippen molar-refractivity contribution in [3.05, 3.63) is 83.1 Å². The predicted molar refractivity (Wildman–Crippen MR) is 131 cm³/mol. The highest BCUT2D eigenvalue weighted by molar-refractivity contribution is 9.10. The van der Waals surface area contributed by atoms with Crippen LogP contribution in [0, 0.1) is 0 Å². The van der Waals surface area contributed by atoms with Gasteiger partial charge in [0.2, 0.25) is 0 Å². The number of aliphatic hydroxyl groups is 1. The summed E-state index contributed by atoms with van der Waals surface area (Å²) >= 11 is 4.79. The van der Waals surface area contributed by atoms with Crippen molar-refractivity contribution >= 4 is 45.5 Å². The van der Waals surface area contributed by atoms with E-state index >= 15 is 0 Å². The molecule has 1 fully saturated rings. The van der Waals surface area contributed by atoms with E-state index in [9.17, 15) is 19.5 Å². The molecule has 7 nitrogen and oxygen atoms in total. The molecule has 2 aromatic carbocycles. The average Bonchev–Trinajstić information content (AvgIpc) is 2.85. The molecule has 1 N–H and O–H groups in total. The summed E-state index contributed by atoms with van der Waals surface area (Å²) in [5.74, 6) is -1.29. The number of aliphatic hydroxyl groups excluding tert-OH is 1. The third-order valence-electron chi connectivity index (χ3n) is 5.81. The first-order chi connectivity index (χ1) is 16.2. The smallest absolute Gasteiger partial charge is 0.356 e. The van der Waals surface area contributed by atoms with Crippen LogP contribution in [0.2, 0.25) is 0 Å². The molecule has 1 unspecified atom stereocenters. The van der Waals surface area contributed by atoms with Crippen LogP contribution in [0.15, 0.2) is 71.9 Å². The van der Waals surface area contributed by atoms with Crippen LogP contribution in [0.25, 0.3) is 0 Å². The molecule has 0 radical (unpaired) electrons. The number of thioether (sulfide) groups is 1. The number of β-lactam (4-membered cyclic amide) rings is 1. The van der Waals surface area contributed by atoms with E-state index in [0.29, 0.717) is 11.3 Å². The number of hydrogen-bond acceptors (Lipinski definition) is 7. The number of carbonyl (C=O) groups is 3. The number of carbonyl (C=O) groups excluding carboxylic acids is 3. The number of nitrogens with zero attached hydrogens (tertiary/aromatic N) is 1. The molecule has 2 aromatic rings. The zero-order valence-corrected chi connectivity index (χ0v) is 21.0. The number of fused-ring (bicyclic) bond motifs is 1. The molecule has 0 bridgehead atoms. The van der Waals surface area contributed by atoms with E-state index in [1.165, 1.54) is 30.5 Å². The van der Waals surface area contributed by atoms with E-state index < -0.39 is 39.8 Å². The molecule has 178 valence electrons. The molecule has 9 heteroatoms. The number of rotatable bonds is 7. The van der Waals surface area contributed by atoms with Crippen molar-refractivity contribution in [2.75, 3.05) is 12.4 Å². The highest BCUT2D eigenvalue weighted by Crippen LogP contribution is 2.52. The summed E-state index contributed by atoms with van der Waals surface area (Å²) in [5.41, 5.74) is 2.09. The van der Waals surface area contributed by atoms with Gasteiger partial charge in [-0.25, -0.2) is 4.79 Å². The zero-order chi connectivity index (χ0) is 24.5. The molecule has 3 atom stereocenters. The Bertz CT molecular complexity index is 1080. The first kappa shape index (κ1) is 24.5. The highest BCUT2D eigenvalue weighted by Gasteiger charge is 2.66. The van der Waals surface area contributed by atoms with E-state index in [2.05, 4.69) is 15.9 Å². The van der Waals surface area contributed by atoms with Crippen molar-refractivity contribution in [1.82, 2.24) is 4.90 Å². The maximum atomic E-state index is 13.6. The second-order valence-corrected chi connectivity index (χ2v) is 10.5. The van der Waals surface area contributed by atoms with Crippen molar-refractivity contribution in [3.8, 4) is 0 Å². The van der Waals surface area contributed by atoms with Crippen LogP contribution >= 0.6 is 27.7 Å². The minimum atomic E-state index is -1.20. The standard InChI is InChI=1S/C25H24BrNO6S/c1-15(28)25(26)23(31)27-20(19(13-32-16(2)29)14-34-24(25)27)22(30)33-21(17-9-5-3-6-10-17)18-11-7-4-8-12-18/h3-12,15,21,24,28H,13-14H2,1-2H3/t15?,24-,25+/m1/s1. The number of halogens is 1. The summed E-state index contributed by atoms with van der Waals surface area (Å²) < 4.78 is 9.97. The fourth-order valence-corrected chi connectivity index (χ4v) is 6.29. The molecule has 0 aliphatic carbocycles. The zero-order valence-electron chi connectivity index (χ0n) is 18.6. The lowest BCUT2D eigenvalue weighted by Gasteiger charge is -2.55. The van der Waals surface area contributed by atoms with Gasteiger partial charge in [0.25, 0.3) is 5.91 Å². The fourth-order valence-electron chi connectivity index (χ4n) is 4.02. The Morgan fingerprint density at radius 1 is 1.15 bits per heavy atom. The van der Waals surface area contributed by atoms with E-state index in [0.717, 1.165) is 11.1 Å². The van der Waals surface area contributed by atoms with Gasteiger partial charge in [0.15, 0.2) is 10.4 Å². The van der Waals surface area contributed by atoms with Crippen molar-refractivity contribution in [2.45, 2.75) is 35.8 Å². The number of amides is 1. The predicted octanol–water partition coefficient (Wildman–Crippen LogP) is 3.57. The molecule has 2 aliphatic heterocycles. The van der Waals surface area contributed by atoms with Gasteiger partial charge in [0.05, 0.1) is 6.10 Å². The molecule has 0 aromatic heterocycles. The number of ether oxygens (including phenoxy) is 2. The van der Waals surface area contributed by atoms with Crippen LogP contribution < -0.4 is 0 Å². The molecular weight excluding hydrogens is 522 g/mol. The Morgan fingerprint density at radius 2 is 1.71 bits per heavy atom. The summed E-state index contributed by atoms with van der Waals surface area (Å²) in [4.78, 5) is 39.5. The van der Waals surface area contributed by atoms with Crippen LogP contribution in [0.3, 0.4) is 0 Å². The summed E-state index contributed by atoms with van der Waals surface area (Å²) in [6.45, 7) is 2.68. The lowest BCUT2D eigenvalue weighted by molar-refractivity contribution is -0.157. The Balaban J connectivity index is 1.71. The van der Waals surface area contributed by atoms with Gasteiger partial charge in [0, 0.05) is 18.2 Å². The second-order valence-electron chi connectivity index (χ2n) is 8.12. The van der Waals surface area contributed by atoms with Crippen LogP contribution in [-0.2, 0) is 23.9 Å². The van der Waals surface area contributed by atoms with E-state index in [-0.39, 0.29) is 12.3 Å². The molecule has 4 rings (SSSR count). The molecule has 2 heterocycles. The van der Waals surface area contributed by atoms with E-state index in [4.69, 9.17) is 9.47 Å². The maximum Gasteiger partial charge on any atom is 0.356 e. The Morgan fingerprint density at radius 3 is 2.21 bits per heavy atom. The third-order valence-corrected chi connectivity index (χ3v) is 8.96. The monoisotopic (exact) mass is 545 g/mol. The largest absolute Gasteiger partial charge is 0.461 e. The molecule has 1 amide bonds. The SMILES string of the molecule is CC(=O)OCC1=C(C(=O)OC(c2ccccc2)c2ccccc2)N2C(=O)[C@@](Br)(C(C)O)[C@H]2SC1.